The number of aromatic nitrogens is 5. The molecule has 1 aliphatic heterocycles. The predicted molar refractivity (Wildman–Crippen MR) is 212 cm³/mol. The fourth-order valence-corrected chi connectivity index (χ4v) is 7.56. The Balaban J connectivity index is 1.42. The van der Waals surface area contributed by atoms with Crippen molar-refractivity contribution in [3.8, 4) is 11.1 Å². The summed E-state index contributed by atoms with van der Waals surface area (Å²) in [5.74, 6) is -0.823. The smallest absolute Gasteiger partial charge is 0.433 e. The van der Waals surface area contributed by atoms with Crippen molar-refractivity contribution in [1.82, 2.24) is 34.5 Å². The van der Waals surface area contributed by atoms with Crippen molar-refractivity contribution in [3.63, 3.8) is 0 Å². The molecule has 6 rings (SSSR count). The summed E-state index contributed by atoms with van der Waals surface area (Å²) in [4.78, 5) is 71.0. The zero-order valence-corrected chi connectivity index (χ0v) is 34.1. The number of halogens is 3. The van der Waals surface area contributed by atoms with Gasteiger partial charge in [-0.25, -0.2) is 19.7 Å². The van der Waals surface area contributed by atoms with Gasteiger partial charge in [-0.2, -0.15) is 18.3 Å². The van der Waals surface area contributed by atoms with Crippen molar-refractivity contribution in [2.75, 3.05) is 13.2 Å². The maximum atomic E-state index is 14.6. The molecule has 2 fully saturated rings. The Labute approximate surface area is 340 Å². The number of fused-ring (bicyclic) bond motifs is 2. The van der Waals surface area contributed by atoms with Crippen molar-refractivity contribution < 1.29 is 41.8 Å². The van der Waals surface area contributed by atoms with Gasteiger partial charge in [0.2, 0.25) is 5.91 Å². The van der Waals surface area contributed by atoms with E-state index in [1.54, 1.807) is 65.2 Å². The van der Waals surface area contributed by atoms with Crippen molar-refractivity contribution >= 4 is 34.5 Å². The summed E-state index contributed by atoms with van der Waals surface area (Å²) in [6.45, 7) is 17.5. The van der Waals surface area contributed by atoms with Crippen LogP contribution in [0.3, 0.4) is 0 Å². The molecule has 59 heavy (non-hydrogen) atoms. The van der Waals surface area contributed by atoms with Gasteiger partial charge in [0.05, 0.1) is 48.5 Å². The molecule has 4 aromatic rings. The number of likely N-dealkylation sites (tertiary alicyclic amines) is 1. The molecule has 3 atom stereocenters. The summed E-state index contributed by atoms with van der Waals surface area (Å²) in [5.41, 5.74) is -0.0892. The Morgan fingerprint density at radius 1 is 1.02 bits per heavy atom. The molecule has 1 saturated heterocycles. The first kappa shape index (κ1) is 42.8. The molecular weight excluding hydrogens is 768 g/mol. The molecule has 13 nitrogen and oxygen atoms in total. The Kier molecular flexibility index (Phi) is 12.0. The van der Waals surface area contributed by atoms with E-state index < -0.39 is 65.9 Å². The van der Waals surface area contributed by atoms with Crippen LogP contribution in [0, 0.1) is 13.8 Å². The van der Waals surface area contributed by atoms with Crippen LogP contribution in [-0.2, 0) is 44.7 Å². The standard InChI is InChI=1S/C43H48F3N7O6/c1-9-11-14-51(40(57)59-41(6,7)8)23-29-16-28(30-21-47-27(5)48-22-30)17-31-38(26(4)54)50-52(39(29)31)24-37(56)53-33(19-42(20-36(42)53)58-15-10-2)34(55)18-32-25(3)12-13-35(49-32)43(44,45)46/h9-10,12-13,16-17,21-22,33,36H,1-2,11,14-15,18-20,23-24H2,3-8H3/t33-,36+,42+/m0/s1. The molecule has 1 saturated carbocycles. The second kappa shape index (κ2) is 16.5. The van der Waals surface area contributed by atoms with Crippen molar-refractivity contribution in [2.45, 2.75) is 110 Å². The lowest BCUT2D eigenvalue weighted by atomic mass is 9.99. The molecule has 0 bridgehead atoms. The van der Waals surface area contributed by atoms with Gasteiger partial charge in [-0.1, -0.05) is 18.2 Å². The number of ketones is 2. The number of hydrogen-bond donors (Lipinski definition) is 0. The van der Waals surface area contributed by atoms with Gasteiger partial charge in [0.1, 0.15) is 29.4 Å². The van der Waals surface area contributed by atoms with E-state index in [0.717, 1.165) is 6.07 Å². The average Bonchev–Trinajstić information content (AvgIpc) is 3.56. The summed E-state index contributed by atoms with van der Waals surface area (Å²) < 4.78 is 54.1. The van der Waals surface area contributed by atoms with Crippen LogP contribution in [0.2, 0.25) is 0 Å². The second-order valence-corrected chi connectivity index (χ2v) is 16.1. The highest BCUT2D eigenvalue weighted by molar-refractivity contribution is 6.07. The number of ether oxygens (including phenoxy) is 2. The number of piperidine rings is 1. The van der Waals surface area contributed by atoms with Crippen molar-refractivity contribution in [1.29, 1.82) is 0 Å². The molecule has 3 aromatic heterocycles. The topological polar surface area (TPSA) is 150 Å². The number of carbonyl (C=O) groups excluding carboxylic acids is 4. The van der Waals surface area contributed by atoms with Gasteiger partial charge < -0.3 is 19.3 Å². The first-order valence-corrected chi connectivity index (χ1v) is 19.3. The quantitative estimate of drug-likeness (QED) is 0.0894. The third-order valence-corrected chi connectivity index (χ3v) is 10.5. The number of Topliss-reactive ketones (excluding diaryl/α,β-unsaturated/α-hetero) is 2. The molecule has 0 unspecified atom stereocenters. The largest absolute Gasteiger partial charge is 0.444 e. The monoisotopic (exact) mass is 815 g/mol. The van der Waals surface area contributed by atoms with E-state index in [2.05, 4.69) is 33.2 Å². The van der Waals surface area contributed by atoms with Gasteiger partial charge in [-0.05, 0) is 75.9 Å². The summed E-state index contributed by atoms with van der Waals surface area (Å²) >= 11 is 0. The minimum Gasteiger partial charge on any atom is -0.444 e. The van der Waals surface area contributed by atoms with Gasteiger partial charge in [0.25, 0.3) is 0 Å². The van der Waals surface area contributed by atoms with Crippen LogP contribution in [0.4, 0.5) is 18.0 Å². The van der Waals surface area contributed by atoms with Crippen LogP contribution < -0.4 is 0 Å². The third-order valence-electron chi connectivity index (χ3n) is 10.5. The molecule has 0 radical (unpaired) electrons. The highest BCUT2D eigenvalue weighted by Crippen LogP contribution is 2.55. The Bertz CT molecular complexity index is 2320. The number of hydrogen-bond acceptors (Lipinski definition) is 10. The lowest BCUT2D eigenvalue weighted by Gasteiger charge is -2.28. The lowest BCUT2D eigenvalue weighted by Crippen LogP contribution is -2.45. The van der Waals surface area contributed by atoms with E-state index in [-0.39, 0.29) is 43.3 Å². The van der Waals surface area contributed by atoms with Gasteiger partial charge >= 0.3 is 12.3 Å². The van der Waals surface area contributed by atoms with Crippen molar-refractivity contribution in [3.05, 3.63) is 96.0 Å². The Hall–Kier alpha value is -5.77. The minimum absolute atomic E-state index is 0.00760. The first-order valence-electron chi connectivity index (χ1n) is 19.3. The molecule has 1 aliphatic carbocycles. The molecule has 2 amide bonds. The van der Waals surface area contributed by atoms with Crippen LogP contribution in [0.1, 0.15) is 85.8 Å². The van der Waals surface area contributed by atoms with E-state index in [1.807, 2.05) is 6.07 Å². The van der Waals surface area contributed by atoms with Gasteiger partial charge in [-0.3, -0.25) is 19.1 Å². The van der Waals surface area contributed by atoms with Gasteiger partial charge in [0, 0.05) is 49.7 Å². The number of carbonyl (C=O) groups is 4. The lowest BCUT2D eigenvalue weighted by molar-refractivity contribution is -0.141. The highest BCUT2D eigenvalue weighted by atomic mass is 19.4. The third kappa shape index (κ3) is 9.27. The normalized spacial score (nSPS) is 18.7. The number of pyridine rings is 1. The fraction of sp³-hybridized carbons (Fsp3) is 0.442. The zero-order valence-electron chi connectivity index (χ0n) is 34.1. The number of amides is 2. The van der Waals surface area contributed by atoms with Crippen LogP contribution in [0.25, 0.3) is 22.0 Å². The first-order chi connectivity index (χ1) is 27.7. The summed E-state index contributed by atoms with van der Waals surface area (Å²) in [6.07, 6.45) is 1.83. The molecule has 312 valence electrons. The average molecular weight is 816 g/mol. The van der Waals surface area contributed by atoms with E-state index >= 15 is 0 Å². The fourth-order valence-electron chi connectivity index (χ4n) is 7.56. The second-order valence-electron chi connectivity index (χ2n) is 16.1. The maximum Gasteiger partial charge on any atom is 0.433 e. The molecular formula is C43H48F3N7O6. The number of benzene rings is 1. The molecule has 1 aromatic carbocycles. The van der Waals surface area contributed by atoms with Crippen molar-refractivity contribution in [2.24, 2.45) is 0 Å². The number of rotatable bonds is 15. The molecule has 0 N–H and O–H groups in total. The molecule has 16 heteroatoms. The minimum atomic E-state index is -4.71. The molecule has 2 aliphatic rings. The number of aryl methyl sites for hydroxylation is 2. The SMILES string of the molecule is C=CCCN(Cc1cc(-c2cnc(C)nc2)cc2c(C(C)=O)nn(CC(=O)N3[C@H](C(=O)Cc4nc(C(F)(F)F)ccc4C)C[C@@]4(OCC=C)C[C@@H]34)c12)C(=O)OC(C)(C)C. The van der Waals surface area contributed by atoms with E-state index in [0.29, 0.717) is 51.8 Å². The summed E-state index contributed by atoms with van der Waals surface area (Å²) in [7, 11) is 0. The molecule has 4 heterocycles. The van der Waals surface area contributed by atoms with Crippen LogP contribution in [0.15, 0.2) is 62.0 Å². The number of nitrogens with zero attached hydrogens (tertiary/aromatic N) is 7. The predicted octanol–water partition coefficient (Wildman–Crippen LogP) is 7.17. The summed E-state index contributed by atoms with van der Waals surface area (Å²) in [5, 5.41) is 5.08. The maximum absolute atomic E-state index is 14.6. The highest BCUT2D eigenvalue weighted by Gasteiger charge is 2.68. The summed E-state index contributed by atoms with van der Waals surface area (Å²) in [6, 6.07) is 4.20. The zero-order chi connectivity index (χ0) is 43.0. The van der Waals surface area contributed by atoms with E-state index in [4.69, 9.17) is 9.47 Å². The van der Waals surface area contributed by atoms with Crippen LogP contribution >= 0.6 is 0 Å². The number of alkyl halides is 3. The Morgan fingerprint density at radius 2 is 1.73 bits per heavy atom. The van der Waals surface area contributed by atoms with Crippen LogP contribution in [-0.4, -0.2) is 94.5 Å². The van der Waals surface area contributed by atoms with E-state index in [1.165, 1.54) is 27.5 Å². The Morgan fingerprint density at radius 3 is 2.36 bits per heavy atom. The van der Waals surface area contributed by atoms with E-state index in [9.17, 15) is 32.3 Å². The van der Waals surface area contributed by atoms with Gasteiger partial charge in [-0.15, -0.1) is 13.2 Å². The van der Waals surface area contributed by atoms with Crippen LogP contribution in [0.5, 0.6) is 0 Å². The van der Waals surface area contributed by atoms with Gasteiger partial charge in [0.15, 0.2) is 11.6 Å². The molecule has 0 spiro atoms.